The van der Waals surface area contributed by atoms with E-state index in [1.54, 1.807) is 24.3 Å². The van der Waals surface area contributed by atoms with Crippen molar-refractivity contribution in [1.29, 1.82) is 0 Å². The second-order valence-corrected chi connectivity index (χ2v) is 6.78. The molecule has 0 spiro atoms. The van der Waals surface area contributed by atoms with Crippen molar-refractivity contribution in [2.45, 2.75) is 12.1 Å². The van der Waals surface area contributed by atoms with Gasteiger partial charge in [0.2, 0.25) is 0 Å². The average molecular weight is 267 g/mol. The van der Waals surface area contributed by atoms with Crippen molar-refractivity contribution in [2.24, 2.45) is 0 Å². The Balaban J connectivity index is 2.02. The van der Waals surface area contributed by atoms with Gasteiger partial charge in [0, 0.05) is 0 Å². The van der Waals surface area contributed by atoms with E-state index in [0.29, 0.717) is 11.4 Å². The Kier molecular flexibility index (Phi) is 2.28. The molecular formula is C11H13N3O3S. The van der Waals surface area contributed by atoms with Gasteiger partial charge in [0.15, 0.2) is 9.84 Å². The monoisotopic (exact) mass is 267 g/mol. The van der Waals surface area contributed by atoms with Crippen molar-refractivity contribution in [3.05, 3.63) is 24.3 Å². The van der Waals surface area contributed by atoms with E-state index in [9.17, 15) is 13.2 Å². The molecular weight excluding hydrogens is 254 g/mol. The number of urea groups is 1. The smallest absolute Gasteiger partial charge is 0.322 e. The standard InChI is InChI=1S/C11H13N3O3S/c12-7-3-1-2-4-9(7)14-10-6-18(16,17)5-8(10)13-11(14)15/h1-4,8,10H,5-6,12H2,(H,13,15)/t8-,10+/m0/s1. The first-order chi connectivity index (χ1) is 8.48. The summed E-state index contributed by atoms with van der Waals surface area (Å²) < 4.78 is 23.2. The van der Waals surface area contributed by atoms with Crippen molar-refractivity contribution < 1.29 is 13.2 Å². The quantitative estimate of drug-likeness (QED) is 0.552. The third-order valence-corrected chi connectivity index (χ3v) is 5.09. The minimum absolute atomic E-state index is 0.00659. The zero-order valence-corrected chi connectivity index (χ0v) is 10.4. The molecule has 2 amide bonds. The SMILES string of the molecule is Nc1ccccc1N1C(=O)N[C@H]2CS(=O)(=O)C[C@H]21. The van der Waals surface area contributed by atoms with Crippen LogP contribution in [0.4, 0.5) is 16.2 Å². The van der Waals surface area contributed by atoms with Crippen LogP contribution in [-0.4, -0.2) is 38.0 Å². The second-order valence-electron chi connectivity index (χ2n) is 4.63. The van der Waals surface area contributed by atoms with Crippen LogP contribution in [0, 0.1) is 0 Å². The maximum atomic E-state index is 11.9. The lowest BCUT2D eigenvalue weighted by molar-refractivity contribution is 0.251. The number of carbonyl (C=O) groups is 1. The number of para-hydroxylation sites is 2. The number of rotatable bonds is 1. The molecule has 96 valence electrons. The lowest BCUT2D eigenvalue weighted by Crippen LogP contribution is -2.37. The number of nitrogen functional groups attached to an aromatic ring is 1. The van der Waals surface area contributed by atoms with Crippen LogP contribution in [-0.2, 0) is 9.84 Å². The topological polar surface area (TPSA) is 92.5 Å². The van der Waals surface area contributed by atoms with Gasteiger partial charge in [-0.3, -0.25) is 4.90 Å². The summed E-state index contributed by atoms with van der Waals surface area (Å²) >= 11 is 0. The van der Waals surface area contributed by atoms with Gasteiger partial charge in [0.25, 0.3) is 0 Å². The van der Waals surface area contributed by atoms with E-state index < -0.39 is 9.84 Å². The number of fused-ring (bicyclic) bond motifs is 1. The Morgan fingerprint density at radius 1 is 1.28 bits per heavy atom. The molecule has 3 rings (SSSR count). The van der Waals surface area contributed by atoms with Gasteiger partial charge in [-0.15, -0.1) is 0 Å². The number of amides is 2. The minimum Gasteiger partial charge on any atom is -0.397 e. The fourth-order valence-electron chi connectivity index (χ4n) is 2.60. The normalized spacial score (nSPS) is 29.1. The zero-order valence-electron chi connectivity index (χ0n) is 9.54. The molecule has 6 nitrogen and oxygen atoms in total. The third kappa shape index (κ3) is 1.62. The highest BCUT2D eigenvalue weighted by atomic mass is 32.2. The number of nitrogens with one attached hydrogen (secondary N) is 1. The lowest BCUT2D eigenvalue weighted by Gasteiger charge is -2.22. The highest BCUT2D eigenvalue weighted by molar-refractivity contribution is 7.91. The van der Waals surface area contributed by atoms with Crippen LogP contribution < -0.4 is 16.0 Å². The van der Waals surface area contributed by atoms with Gasteiger partial charge in [-0.1, -0.05) is 12.1 Å². The van der Waals surface area contributed by atoms with E-state index in [4.69, 9.17) is 5.73 Å². The molecule has 3 N–H and O–H groups in total. The number of carbonyl (C=O) groups excluding carboxylic acids is 1. The largest absolute Gasteiger partial charge is 0.397 e. The number of hydrogen-bond donors (Lipinski definition) is 2. The molecule has 2 fully saturated rings. The minimum atomic E-state index is -3.08. The van der Waals surface area contributed by atoms with Gasteiger partial charge < -0.3 is 11.1 Å². The van der Waals surface area contributed by atoms with E-state index in [1.165, 1.54) is 4.90 Å². The molecule has 0 unspecified atom stereocenters. The van der Waals surface area contributed by atoms with Gasteiger partial charge in [-0.05, 0) is 12.1 Å². The fourth-order valence-corrected chi connectivity index (χ4v) is 4.49. The van der Waals surface area contributed by atoms with Crippen molar-refractivity contribution in [3.63, 3.8) is 0 Å². The van der Waals surface area contributed by atoms with Crippen LogP contribution in [0.25, 0.3) is 0 Å². The van der Waals surface area contributed by atoms with E-state index >= 15 is 0 Å². The summed E-state index contributed by atoms with van der Waals surface area (Å²) in [5.41, 5.74) is 6.88. The summed E-state index contributed by atoms with van der Waals surface area (Å²) in [6.07, 6.45) is 0. The third-order valence-electron chi connectivity index (χ3n) is 3.38. The van der Waals surface area contributed by atoms with E-state index in [0.717, 1.165) is 0 Å². The van der Waals surface area contributed by atoms with Crippen molar-refractivity contribution in [3.8, 4) is 0 Å². The highest BCUT2D eigenvalue weighted by Gasteiger charge is 2.49. The maximum absolute atomic E-state index is 11.9. The predicted octanol–water partition coefficient (Wildman–Crippen LogP) is -0.0360. The Morgan fingerprint density at radius 3 is 2.72 bits per heavy atom. The molecule has 2 aliphatic rings. The molecule has 0 aliphatic carbocycles. The average Bonchev–Trinajstić information content (AvgIpc) is 2.70. The van der Waals surface area contributed by atoms with Gasteiger partial charge in [-0.25, -0.2) is 13.2 Å². The molecule has 2 atom stereocenters. The van der Waals surface area contributed by atoms with Gasteiger partial charge >= 0.3 is 6.03 Å². The van der Waals surface area contributed by atoms with Crippen LogP contribution in [0.2, 0.25) is 0 Å². The Morgan fingerprint density at radius 2 is 2.00 bits per heavy atom. The molecule has 0 bridgehead atoms. The maximum Gasteiger partial charge on any atom is 0.322 e. The summed E-state index contributed by atoms with van der Waals surface area (Å²) in [7, 11) is -3.08. The lowest BCUT2D eigenvalue weighted by atomic mass is 10.1. The molecule has 7 heteroatoms. The summed E-state index contributed by atoms with van der Waals surface area (Å²) in [5, 5.41) is 2.70. The molecule has 1 aromatic rings. The fraction of sp³-hybridized carbons (Fsp3) is 0.364. The van der Waals surface area contributed by atoms with E-state index in [1.807, 2.05) is 0 Å². The number of anilines is 2. The molecule has 0 aromatic heterocycles. The molecule has 2 saturated heterocycles. The van der Waals surface area contributed by atoms with Crippen LogP contribution in [0.15, 0.2) is 24.3 Å². The summed E-state index contributed by atoms with van der Waals surface area (Å²) in [6.45, 7) is 0. The van der Waals surface area contributed by atoms with Crippen LogP contribution >= 0.6 is 0 Å². The molecule has 0 saturated carbocycles. The van der Waals surface area contributed by atoms with Crippen LogP contribution in [0.5, 0.6) is 0 Å². The van der Waals surface area contributed by atoms with E-state index in [2.05, 4.69) is 5.32 Å². The second kappa shape index (κ2) is 3.61. The predicted molar refractivity (Wildman–Crippen MR) is 68.1 cm³/mol. The van der Waals surface area contributed by atoms with Crippen molar-refractivity contribution in [2.75, 3.05) is 22.1 Å². The summed E-state index contributed by atoms with van der Waals surface area (Å²) in [6, 6.07) is 6.00. The molecule has 18 heavy (non-hydrogen) atoms. The number of sulfone groups is 1. The van der Waals surface area contributed by atoms with Gasteiger partial charge in [-0.2, -0.15) is 0 Å². The number of benzene rings is 1. The summed E-state index contributed by atoms with van der Waals surface area (Å²) in [5.74, 6) is -0.00259. The first-order valence-electron chi connectivity index (χ1n) is 5.62. The van der Waals surface area contributed by atoms with Crippen molar-refractivity contribution >= 4 is 27.2 Å². The summed E-state index contributed by atoms with van der Waals surface area (Å²) in [4.78, 5) is 13.4. The molecule has 0 radical (unpaired) electrons. The Labute approximate surface area is 105 Å². The first kappa shape index (κ1) is 11.3. The molecule has 1 aromatic carbocycles. The van der Waals surface area contributed by atoms with Gasteiger partial charge in [0.05, 0.1) is 35.0 Å². The Bertz CT molecular complexity index is 614. The first-order valence-corrected chi connectivity index (χ1v) is 7.45. The van der Waals surface area contributed by atoms with Crippen LogP contribution in [0.1, 0.15) is 0 Å². The highest BCUT2D eigenvalue weighted by Crippen LogP contribution is 2.32. The van der Waals surface area contributed by atoms with Gasteiger partial charge in [0.1, 0.15) is 0 Å². The number of nitrogens with two attached hydrogens (primary N) is 1. The zero-order chi connectivity index (χ0) is 12.9. The number of nitrogens with zero attached hydrogens (tertiary/aromatic N) is 1. The number of hydrogen-bond acceptors (Lipinski definition) is 4. The Hall–Kier alpha value is -1.76. The van der Waals surface area contributed by atoms with Crippen LogP contribution in [0.3, 0.4) is 0 Å². The molecule has 2 heterocycles. The van der Waals surface area contributed by atoms with Crippen molar-refractivity contribution in [1.82, 2.24) is 5.32 Å². The molecule has 2 aliphatic heterocycles. The van der Waals surface area contributed by atoms with E-state index in [-0.39, 0.29) is 29.6 Å².